The third-order valence-electron chi connectivity index (χ3n) is 0. The van der Waals surface area contributed by atoms with Gasteiger partial charge in [-0.05, 0) is 0 Å². The van der Waals surface area contributed by atoms with Crippen LogP contribution in [0.15, 0.2) is 0 Å². The molecule has 0 atom stereocenters. The molecule has 0 aromatic carbocycles. The van der Waals surface area contributed by atoms with E-state index in [9.17, 15) is 0 Å². The number of hydrogen-bond acceptors (Lipinski definition) is 0. The van der Waals surface area contributed by atoms with E-state index >= 15 is 0 Å². The van der Waals surface area contributed by atoms with Gasteiger partial charge in [0.1, 0.15) is 0 Å². The molecule has 0 aliphatic rings. The molecule has 0 heterocycles. The minimum atomic E-state index is 0. The quantitative estimate of drug-likeness (QED) is 0.543. The molecular formula is Cu4Y. The predicted octanol–water partition coefficient (Wildman–Crippen LogP) is -0.0125. The second-order valence-corrected chi connectivity index (χ2v) is 0. The molecule has 0 aliphatic heterocycles. The molecule has 0 spiro atoms. The zero-order valence-corrected chi connectivity index (χ0v) is 8.39. The molecular weight excluding hydrogens is 343 g/mol. The molecule has 0 saturated heterocycles. The fraction of sp³-hybridized carbons (Fsp3) is 0. The summed E-state index contributed by atoms with van der Waals surface area (Å²) in [5.41, 5.74) is 0. The summed E-state index contributed by atoms with van der Waals surface area (Å²) in [4.78, 5) is 0. The number of hydrogen-bond donors (Lipinski definition) is 0. The van der Waals surface area contributed by atoms with Crippen LogP contribution in [0.5, 0.6) is 0 Å². The molecule has 0 aromatic heterocycles. The predicted molar refractivity (Wildman–Crippen MR) is 0 cm³/mol. The Morgan fingerprint density at radius 2 is 0.400 bits per heavy atom. The van der Waals surface area contributed by atoms with Crippen molar-refractivity contribution in [1.29, 1.82) is 0 Å². The molecule has 0 N–H and O–H groups in total. The van der Waals surface area contributed by atoms with Gasteiger partial charge in [-0.3, -0.25) is 0 Å². The van der Waals surface area contributed by atoms with Crippen LogP contribution in [0.4, 0.5) is 0 Å². The summed E-state index contributed by atoms with van der Waals surface area (Å²) in [5.74, 6) is 0. The maximum absolute atomic E-state index is 0. The van der Waals surface area contributed by atoms with Gasteiger partial charge in [-0.2, -0.15) is 0 Å². The molecule has 0 unspecified atom stereocenters. The van der Waals surface area contributed by atoms with Crippen LogP contribution in [0.1, 0.15) is 0 Å². The summed E-state index contributed by atoms with van der Waals surface area (Å²) in [6.07, 6.45) is 0. The molecule has 5 radical (unpaired) electrons. The van der Waals surface area contributed by atoms with Gasteiger partial charge in [0, 0.05) is 101 Å². The summed E-state index contributed by atoms with van der Waals surface area (Å²) < 4.78 is 0. The maximum atomic E-state index is 0. The van der Waals surface area contributed by atoms with Crippen molar-refractivity contribution in [3.8, 4) is 0 Å². The van der Waals surface area contributed by atoms with Crippen LogP contribution in [0, 0.1) is 0 Å². The Kier molecular flexibility index (Phi) is 226. The first-order valence-corrected chi connectivity index (χ1v) is 0. The van der Waals surface area contributed by atoms with Crippen molar-refractivity contribution in [2.45, 2.75) is 0 Å². The van der Waals surface area contributed by atoms with Crippen LogP contribution in [-0.4, -0.2) is 0 Å². The van der Waals surface area contributed by atoms with Crippen molar-refractivity contribution in [3.63, 3.8) is 0 Å². The van der Waals surface area contributed by atoms with E-state index in [4.69, 9.17) is 0 Å². The van der Waals surface area contributed by atoms with Crippen molar-refractivity contribution < 1.29 is 101 Å². The minimum absolute atomic E-state index is 0. The molecule has 0 aromatic rings. The zero-order valence-electron chi connectivity index (χ0n) is 1.78. The Bertz CT molecular complexity index is 3.61. The maximum Gasteiger partial charge on any atom is 0 e. The average Bonchev–Trinajstić information content (AvgIpc) is 0. The van der Waals surface area contributed by atoms with Crippen LogP contribution in [0.2, 0.25) is 0 Å². The molecule has 0 aliphatic carbocycles. The summed E-state index contributed by atoms with van der Waals surface area (Å²) in [6, 6.07) is 0. The SMILES string of the molecule is [Cu].[Cu].[Cu].[Cu].[Y]. The summed E-state index contributed by atoms with van der Waals surface area (Å²) in [6.45, 7) is 0. The fourth-order valence-corrected chi connectivity index (χ4v) is 0. The Hall–Kier alpha value is 3.18. The Labute approximate surface area is 99.1 Å². The smallest absolute Gasteiger partial charge is 0 e. The third-order valence-corrected chi connectivity index (χ3v) is 0. The van der Waals surface area contributed by atoms with E-state index < -0.39 is 0 Å². The van der Waals surface area contributed by atoms with Gasteiger partial charge >= 0.3 is 0 Å². The van der Waals surface area contributed by atoms with Crippen molar-refractivity contribution >= 4 is 0 Å². The van der Waals surface area contributed by atoms with Crippen LogP contribution in [0.3, 0.4) is 0 Å². The average molecular weight is 343 g/mol. The van der Waals surface area contributed by atoms with E-state index in [1.807, 2.05) is 0 Å². The Morgan fingerprint density at radius 1 is 0.400 bits per heavy atom. The normalized spacial score (nSPS) is 0. The number of rotatable bonds is 0. The van der Waals surface area contributed by atoms with E-state index in [-0.39, 0.29) is 101 Å². The van der Waals surface area contributed by atoms with Crippen molar-refractivity contribution in [1.82, 2.24) is 0 Å². The summed E-state index contributed by atoms with van der Waals surface area (Å²) in [7, 11) is 0. The van der Waals surface area contributed by atoms with E-state index in [0.717, 1.165) is 0 Å². The first-order valence-electron chi connectivity index (χ1n) is 0. The second-order valence-electron chi connectivity index (χ2n) is 0. The van der Waals surface area contributed by atoms with Gasteiger partial charge in [-0.25, -0.2) is 0 Å². The monoisotopic (exact) mass is 341 g/mol. The molecule has 0 saturated carbocycles. The van der Waals surface area contributed by atoms with Gasteiger partial charge in [-0.15, -0.1) is 0 Å². The van der Waals surface area contributed by atoms with Gasteiger partial charge in [0.05, 0.1) is 0 Å². The summed E-state index contributed by atoms with van der Waals surface area (Å²) in [5, 5.41) is 0. The molecule has 47 valence electrons. The van der Waals surface area contributed by atoms with Crippen molar-refractivity contribution in [3.05, 3.63) is 0 Å². The topological polar surface area (TPSA) is 0 Å². The molecule has 0 amide bonds. The first-order chi connectivity index (χ1) is 0. The molecule has 5 heteroatoms. The fourth-order valence-electron chi connectivity index (χ4n) is 0. The van der Waals surface area contributed by atoms with Crippen molar-refractivity contribution in [2.75, 3.05) is 0 Å². The summed E-state index contributed by atoms with van der Waals surface area (Å²) >= 11 is 0. The van der Waals surface area contributed by atoms with E-state index in [1.165, 1.54) is 0 Å². The van der Waals surface area contributed by atoms with Crippen LogP contribution in [0.25, 0.3) is 0 Å². The molecule has 5 heavy (non-hydrogen) atoms. The van der Waals surface area contributed by atoms with Crippen LogP contribution < -0.4 is 0 Å². The van der Waals surface area contributed by atoms with Crippen LogP contribution in [-0.2, 0) is 101 Å². The molecule has 0 fully saturated rings. The molecule has 0 bridgehead atoms. The standard InChI is InChI=1S/4Cu.Y. The van der Waals surface area contributed by atoms with Gasteiger partial charge in [0.2, 0.25) is 0 Å². The largest absolute Gasteiger partial charge is 0 e. The van der Waals surface area contributed by atoms with E-state index in [2.05, 4.69) is 0 Å². The Balaban J connectivity index is 0. The van der Waals surface area contributed by atoms with Gasteiger partial charge < -0.3 is 0 Å². The Morgan fingerprint density at radius 3 is 0.400 bits per heavy atom. The van der Waals surface area contributed by atoms with E-state index in [0.29, 0.717) is 0 Å². The minimum Gasteiger partial charge on any atom is 0 e. The second kappa shape index (κ2) is 27.1. The third kappa shape index (κ3) is 19.0. The molecule has 0 rings (SSSR count). The molecule has 0 nitrogen and oxygen atoms in total. The van der Waals surface area contributed by atoms with Gasteiger partial charge in [-0.1, -0.05) is 0 Å². The van der Waals surface area contributed by atoms with Crippen LogP contribution >= 0.6 is 0 Å². The first kappa shape index (κ1) is 41.7. The zero-order chi connectivity index (χ0) is 0. The van der Waals surface area contributed by atoms with Gasteiger partial charge in [0.25, 0.3) is 0 Å². The van der Waals surface area contributed by atoms with E-state index in [1.54, 1.807) is 0 Å². The van der Waals surface area contributed by atoms with Crippen molar-refractivity contribution in [2.24, 2.45) is 0 Å². The van der Waals surface area contributed by atoms with Gasteiger partial charge in [0.15, 0.2) is 0 Å².